The first kappa shape index (κ1) is 17.1. The highest BCUT2D eigenvalue weighted by atomic mass is 32.2. The average Bonchev–Trinajstić information content (AvgIpc) is 2.43. The van der Waals surface area contributed by atoms with Crippen LogP contribution in [-0.4, -0.2) is 56.3 Å². The second-order valence-corrected chi connectivity index (χ2v) is 6.31. The van der Waals surface area contributed by atoms with Crippen LogP contribution in [0.5, 0.6) is 0 Å². The second kappa shape index (κ2) is 7.70. The average molecular weight is 303 g/mol. The molecule has 0 aromatic heterocycles. The Morgan fingerprint density at radius 2 is 2.05 bits per heavy atom. The van der Waals surface area contributed by atoms with Crippen LogP contribution in [0.2, 0.25) is 0 Å². The Kier molecular flexibility index (Phi) is 6.57. The van der Waals surface area contributed by atoms with Crippen molar-refractivity contribution in [2.75, 3.05) is 33.4 Å². The van der Waals surface area contributed by atoms with E-state index in [1.54, 1.807) is 19.1 Å². The van der Waals surface area contributed by atoms with Crippen LogP contribution in [-0.2, 0) is 14.8 Å². The Bertz CT molecular complexity index is 515. The third-order valence-electron chi connectivity index (χ3n) is 2.87. The number of hydrogen-bond acceptors (Lipinski definition) is 5. The summed E-state index contributed by atoms with van der Waals surface area (Å²) in [6.45, 7) is 1.72. The van der Waals surface area contributed by atoms with E-state index >= 15 is 0 Å². The van der Waals surface area contributed by atoms with Gasteiger partial charge in [-0.1, -0.05) is 12.1 Å². The van der Waals surface area contributed by atoms with E-state index in [-0.39, 0.29) is 31.2 Å². The van der Waals surface area contributed by atoms with Crippen molar-refractivity contribution in [2.24, 2.45) is 0 Å². The SMILES string of the molecule is COCCN(CCO)S(=O)(=O)c1cccc(C(C)O)c1. The molecular formula is C13H21NO5S. The van der Waals surface area contributed by atoms with Gasteiger partial charge in [-0.2, -0.15) is 4.31 Å². The smallest absolute Gasteiger partial charge is 0.243 e. The van der Waals surface area contributed by atoms with E-state index in [1.165, 1.54) is 19.2 Å². The summed E-state index contributed by atoms with van der Waals surface area (Å²) in [7, 11) is -2.23. The molecule has 1 aromatic carbocycles. The van der Waals surface area contributed by atoms with E-state index in [0.717, 1.165) is 4.31 Å². The van der Waals surface area contributed by atoms with E-state index in [9.17, 15) is 13.5 Å². The molecule has 20 heavy (non-hydrogen) atoms. The Morgan fingerprint density at radius 3 is 2.60 bits per heavy atom. The van der Waals surface area contributed by atoms with Crippen molar-refractivity contribution >= 4 is 10.0 Å². The summed E-state index contributed by atoms with van der Waals surface area (Å²) in [5.41, 5.74) is 0.529. The number of nitrogens with zero attached hydrogens (tertiary/aromatic N) is 1. The van der Waals surface area contributed by atoms with Gasteiger partial charge < -0.3 is 14.9 Å². The zero-order chi connectivity index (χ0) is 15.2. The van der Waals surface area contributed by atoms with Crippen LogP contribution in [0.4, 0.5) is 0 Å². The van der Waals surface area contributed by atoms with Gasteiger partial charge >= 0.3 is 0 Å². The van der Waals surface area contributed by atoms with E-state index in [1.807, 2.05) is 0 Å². The molecule has 1 unspecified atom stereocenters. The topological polar surface area (TPSA) is 87.1 Å². The first-order valence-electron chi connectivity index (χ1n) is 6.31. The fourth-order valence-corrected chi connectivity index (χ4v) is 3.21. The van der Waals surface area contributed by atoms with Gasteiger partial charge in [-0.25, -0.2) is 8.42 Å². The predicted octanol–water partition coefficient (Wildman–Crippen LogP) is 0.369. The number of ether oxygens (including phenoxy) is 1. The maximum Gasteiger partial charge on any atom is 0.243 e. The predicted molar refractivity (Wildman–Crippen MR) is 74.8 cm³/mol. The molecule has 1 rings (SSSR count). The maximum atomic E-state index is 12.5. The summed E-state index contributed by atoms with van der Waals surface area (Å²) in [6.07, 6.45) is -0.740. The van der Waals surface area contributed by atoms with Gasteiger partial charge in [0, 0.05) is 20.2 Å². The Hall–Kier alpha value is -0.990. The van der Waals surface area contributed by atoms with E-state index in [4.69, 9.17) is 9.84 Å². The van der Waals surface area contributed by atoms with Crippen LogP contribution in [0, 0.1) is 0 Å². The van der Waals surface area contributed by atoms with Crippen molar-refractivity contribution in [1.82, 2.24) is 4.31 Å². The lowest BCUT2D eigenvalue weighted by atomic mass is 10.1. The lowest BCUT2D eigenvalue weighted by molar-refractivity contribution is 0.168. The molecule has 2 N–H and O–H groups in total. The van der Waals surface area contributed by atoms with Crippen LogP contribution in [0.3, 0.4) is 0 Å². The fourth-order valence-electron chi connectivity index (χ4n) is 1.74. The van der Waals surface area contributed by atoms with Crippen molar-refractivity contribution in [3.8, 4) is 0 Å². The molecule has 0 saturated heterocycles. The minimum atomic E-state index is -3.71. The van der Waals surface area contributed by atoms with Crippen LogP contribution in [0.25, 0.3) is 0 Å². The molecule has 1 atom stereocenters. The quantitative estimate of drug-likeness (QED) is 0.724. The van der Waals surface area contributed by atoms with Crippen molar-refractivity contribution < 1.29 is 23.4 Å². The largest absolute Gasteiger partial charge is 0.395 e. The minimum absolute atomic E-state index is 0.00456. The van der Waals surface area contributed by atoms with Gasteiger partial charge in [0.1, 0.15) is 0 Å². The molecule has 6 nitrogen and oxygen atoms in total. The molecule has 0 bridgehead atoms. The normalized spacial score (nSPS) is 13.7. The summed E-state index contributed by atoms with van der Waals surface area (Å²) in [5.74, 6) is 0. The number of hydrogen-bond donors (Lipinski definition) is 2. The highest BCUT2D eigenvalue weighted by Crippen LogP contribution is 2.20. The molecule has 0 aliphatic rings. The van der Waals surface area contributed by atoms with E-state index in [0.29, 0.717) is 5.56 Å². The second-order valence-electron chi connectivity index (χ2n) is 4.37. The van der Waals surface area contributed by atoms with Crippen LogP contribution < -0.4 is 0 Å². The maximum absolute atomic E-state index is 12.5. The number of sulfonamides is 1. The van der Waals surface area contributed by atoms with E-state index < -0.39 is 16.1 Å². The van der Waals surface area contributed by atoms with Gasteiger partial charge in [-0.3, -0.25) is 0 Å². The molecule has 114 valence electrons. The molecule has 1 aromatic rings. The molecule has 0 aliphatic heterocycles. The third kappa shape index (κ3) is 4.26. The number of methoxy groups -OCH3 is 1. The molecule has 0 radical (unpaired) electrons. The Labute approximate surface area is 119 Å². The summed E-state index contributed by atoms with van der Waals surface area (Å²) in [4.78, 5) is 0.0976. The van der Waals surface area contributed by atoms with Gasteiger partial charge in [0.05, 0.1) is 24.2 Å². The summed E-state index contributed by atoms with van der Waals surface area (Å²) >= 11 is 0. The van der Waals surface area contributed by atoms with Crippen LogP contribution in [0.1, 0.15) is 18.6 Å². The highest BCUT2D eigenvalue weighted by Gasteiger charge is 2.24. The Morgan fingerprint density at radius 1 is 1.35 bits per heavy atom. The number of aliphatic hydroxyl groups is 2. The zero-order valence-electron chi connectivity index (χ0n) is 11.7. The molecule has 0 aliphatic carbocycles. The number of rotatable bonds is 8. The van der Waals surface area contributed by atoms with Gasteiger partial charge in [-0.05, 0) is 24.6 Å². The third-order valence-corrected chi connectivity index (χ3v) is 4.77. The standard InChI is InChI=1S/C13H21NO5S/c1-11(16)12-4-3-5-13(10-12)20(17,18)14(6-8-15)7-9-19-2/h3-5,10-11,15-16H,6-9H2,1-2H3. The molecule has 0 heterocycles. The van der Waals surface area contributed by atoms with Gasteiger partial charge in [-0.15, -0.1) is 0 Å². The molecule has 0 saturated carbocycles. The zero-order valence-corrected chi connectivity index (χ0v) is 12.5. The number of benzene rings is 1. The molecule has 0 fully saturated rings. The lowest BCUT2D eigenvalue weighted by Crippen LogP contribution is -2.36. The fraction of sp³-hybridized carbons (Fsp3) is 0.538. The summed E-state index contributed by atoms with van der Waals surface area (Å²) in [6, 6.07) is 6.16. The van der Waals surface area contributed by atoms with Crippen molar-refractivity contribution in [2.45, 2.75) is 17.9 Å². The van der Waals surface area contributed by atoms with Gasteiger partial charge in [0.15, 0.2) is 0 Å². The molecule has 0 amide bonds. The first-order chi connectivity index (χ1) is 9.43. The minimum Gasteiger partial charge on any atom is -0.395 e. The van der Waals surface area contributed by atoms with Gasteiger partial charge in [0.25, 0.3) is 0 Å². The van der Waals surface area contributed by atoms with Crippen LogP contribution >= 0.6 is 0 Å². The summed E-state index contributed by atoms with van der Waals surface area (Å²) in [5, 5.41) is 18.5. The molecule has 0 spiro atoms. The molecule has 7 heteroatoms. The summed E-state index contributed by atoms with van der Waals surface area (Å²) < 4.78 is 31.0. The van der Waals surface area contributed by atoms with Crippen molar-refractivity contribution in [1.29, 1.82) is 0 Å². The van der Waals surface area contributed by atoms with Gasteiger partial charge in [0.2, 0.25) is 10.0 Å². The highest BCUT2D eigenvalue weighted by molar-refractivity contribution is 7.89. The van der Waals surface area contributed by atoms with Crippen LogP contribution in [0.15, 0.2) is 29.2 Å². The van der Waals surface area contributed by atoms with E-state index in [2.05, 4.69) is 0 Å². The Balaban J connectivity index is 3.08. The first-order valence-corrected chi connectivity index (χ1v) is 7.75. The van der Waals surface area contributed by atoms with Crippen molar-refractivity contribution in [3.63, 3.8) is 0 Å². The lowest BCUT2D eigenvalue weighted by Gasteiger charge is -2.21. The number of aliphatic hydroxyl groups excluding tert-OH is 2. The molecular weight excluding hydrogens is 282 g/mol. The van der Waals surface area contributed by atoms with Crippen molar-refractivity contribution in [3.05, 3.63) is 29.8 Å². The monoisotopic (exact) mass is 303 g/mol.